The Bertz CT molecular complexity index is 4070. The molecule has 4 heteroatoms. The van der Waals surface area contributed by atoms with Crippen molar-refractivity contribution in [1.82, 2.24) is 9.55 Å². The minimum Gasteiger partial charge on any atom is -0.456 e. The number of fused-ring (bicyclic) bond motifs is 12. The van der Waals surface area contributed by atoms with Crippen LogP contribution in [0, 0.1) is 0 Å². The third-order valence-electron chi connectivity index (χ3n) is 14.1. The molecule has 14 rings (SSSR count). The van der Waals surface area contributed by atoms with Gasteiger partial charge in [0, 0.05) is 44.7 Å². The van der Waals surface area contributed by atoms with Crippen molar-refractivity contribution in [2.24, 2.45) is 0 Å². The molecular weight excluding hydrogens is 805 g/mol. The highest BCUT2D eigenvalue weighted by Gasteiger charge is 2.24. The van der Waals surface area contributed by atoms with E-state index in [9.17, 15) is 0 Å². The molecule has 0 amide bonds. The monoisotopic (exact) mass is 844 g/mol. The predicted octanol–water partition coefficient (Wildman–Crippen LogP) is 16.7. The molecule has 1 atom stereocenters. The van der Waals surface area contributed by atoms with E-state index in [2.05, 4.69) is 192 Å². The molecule has 1 aliphatic carbocycles. The standard InChI is InChI=1S/C62H40N2O2/c1-2-10-38(11-3-1)47-26-21-39-19-20-41(33-51(39)49-15-5-4-14-48(47)49)42-22-27-56-52(34-42)53-35-43(44-24-29-59-54(36-44)50-16-6-7-17-58(50)65-59)23-28-57(53)64(56)46-13-8-12-40(32-46)45-25-30-60-55(37-45)62-61(66-60)18-9-31-63-62/h1-20,22-25,27-37,47H,21,26H2. The number of benzene rings is 9. The number of aryl methyl sites for hydroxylation is 1. The van der Waals surface area contributed by atoms with E-state index in [0.29, 0.717) is 5.92 Å². The van der Waals surface area contributed by atoms with Gasteiger partial charge in [0.1, 0.15) is 22.3 Å². The second-order valence-corrected chi connectivity index (χ2v) is 17.8. The van der Waals surface area contributed by atoms with Crippen molar-refractivity contribution in [3.63, 3.8) is 0 Å². The third-order valence-corrected chi connectivity index (χ3v) is 14.1. The van der Waals surface area contributed by atoms with Gasteiger partial charge in [-0.25, -0.2) is 0 Å². The highest BCUT2D eigenvalue weighted by Crippen LogP contribution is 2.44. The molecule has 0 bridgehead atoms. The Morgan fingerprint density at radius 2 is 1.02 bits per heavy atom. The molecule has 1 unspecified atom stereocenters. The van der Waals surface area contributed by atoms with E-state index in [-0.39, 0.29) is 0 Å². The van der Waals surface area contributed by atoms with Crippen molar-refractivity contribution in [3.8, 4) is 50.2 Å². The molecule has 9 aromatic carbocycles. The summed E-state index contributed by atoms with van der Waals surface area (Å²) in [5, 5.41) is 5.69. The Hall–Kier alpha value is -8.47. The fraction of sp³-hybridized carbons (Fsp3) is 0.0484. The van der Waals surface area contributed by atoms with Crippen LogP contribution in [0.4, 0.5) is 0 Å². The van der Waals surface area contributed by atoms with E-state index in [1.807, 2.05) is 30.5 Å². The summed E-state index contributed by atoms with van der Waals surface area (Å²) in [6.07, 6.45) is 3.94. The molecular formula is C62H40N2O2. The van der Waals surface area contributed by atoms with E-state index in [1.165, 1.54) is 49.7 Å². The lowest BCUT2D eigenvalue weighted by molar-refractivity contribution is 0.668. The van der Waals surface area contributed by atoms with Crippen LogP contribution < -0.4 is 0 Å². The Morgan fingerprint density at radius 3 is 1.83 bits per heavy atom. The van der Waals surface area contributed by atoms with Gasteiger partial charge < -0.3 is 13.4 Å². The zero-order valence-electron chi connectivity index (χ0n) is 35.9. The average Bonchev–Trinajstić information content (AvgIpc) is 4.02. The van der Waals surface area contributed by atoms with Crippen LogP contribution in [-0.4, -0.2) is 9.55 Å². The topological polar surface area (TPSA) is 44.1 Å². The first-order valence-corrected chi connectivity index (χ1v) is 22.8. The van der Waals surface area contributed by atoms with Gasteiger partial charge in [-0.05, 0) is 159 Å². The molecule has 0 N–H and O–H groups in total. The number of aromatic nitrogens is 2. The molecule has 0 aliphatic heterocycles. The first-order chi connectivity index (χ1) is 32.7. The normalized spacial score (nSPS) is 13.8. The highest BCUT2D eigenvalue weighted by molar-refractivity contribution is 6.13. The van der Waals surface area contributed by atoms with Gasteiger partial charge in [0.15, 0.2) is 5.58 Å². The number of pyridine rings is 1. The largest absolute Gasteiger partial charge is 0.456 e. The molecule has 0 fully saturated rings. The highest BCUT2D eigenvalue weighted by atomic mass is 16.3. The van der Waals surface area contributed by atoms with Crippen molar-refractivity contribution >= 4 is 65.8 Å². The van der Waals surface area contributed by atoms with Crippen molar-refractivity contribution in [2.45, 2.75) is 18.8 Å². The minimum absolute atomic E-state index is 0.354. The summed E-state index contributed by atoms with van der Waals surface area (Å²) in [5.41, 5.74) is 21.6. The summed E-state index contributed by atoms with van der Waals surface area (Å²) in [5.74, 6) is 0.354. The van der Waals surface area contributed by atoms with Crippen LogP contribution in [0.2, 0.25) is 0 Å². The summed E-state index contributed by atoms with van der Waals surface area (Å²) < 4.78 is 14.8. The van der Waals surface area contributed by atoms with Gasteiger partial charge in [0.05, 0.1) is 11.0 Å². The maximum absolute atomic E-state index is 6.23. The number of hydrogen-bond acceptors (Lipinski definition) is 3. The van der Waals surface area contributed by atoms with E-state index in [1.54, 1.807) is 0 Å². The van der Waals surface area contributed by atoms with E-state index < -0.39 is 0 Å². The van der Waals surface area contributed by atoms with Gasteiger partial charge in [0.2, 0.25) is 0 Å². The zero-order valence-corrected chi connectivity index (χ0v) is 35.9. The zero-order chi connectivity index (χ0) is 43.3. The third kappa shape index (κ3) is 5.81. The van der Waals surface area contributed by atoms with Gasteiger partial charge >= 0.3 is 0 Å². The fourth-order valence-electron chi connectivity index (χ4n) is 10.9. The maximum atomic E-state index is 6.23. The predicted molar refractivity (Wildman–Crippen MR) is 271 cm³/mol. The molecule has 310 valence electrons. The average molecular weight is 845 g/mol. The molecule has 1 aliphatic rings. The SMILES string of the molecule is c1ccc(C2CCc3ccc(-c4ccc5c(c4)c4cc(-c6ccc7oc8ccccc8c7c6)ccc4n5-c4cccc(-c5ccc6oc7cccnc7c6c5)c4)cc3-c3ccccc32)cc1. The lowest BCUT2D eigenvalue weighted by Crippen LogP contribution is -2.01. The number of nitrogens with zero attached hydrogens (tertiary/aromatic N) is 2. The number of hydrogen-bond donors (Lipinski definition) is 0. The van der Waals surface area contributed by atoms with Crippen LogP contribution in [0.3, 0.4) is 0 Å². The lowest BCUT2D eigenvalue weighted by atomic mass is 9.86. The molecule has 13 aromatic rings. The first kappa shape index (κ1) is 37.0. The van der Waals surface area contributed by atoms with E-state index in [0.717, 1.165) is 95.8 Å². The van der Waals surface area contributed by atoms with Gasteiger partial charge in [0.25, 0.3) is 0 Å². The number of furan rings is 2. The second-order valence-electron chi connectivity index (χ2n) is 17.8. The van der Waals surface area contributed by atoms with Crippen LogP contribution in [0.1, 0.15) is 29.0 Å². The fourth-order valence-corrected chi connectivity index (χ4v) is 10.9. The van der Waals surface area contributed by atoms with Gasteiger partial charge in [-0.3, -0.25) is 4.98 Å². The van der Waals surface area contributed by atoms with Crippen LogP contribution in [0.25, 0.3) is 116 Å². The van der Waals surface area contributed by atoms with Crippen LogP contribution >= 0.6 is 0 Å². The van der Waals surface area contributed by atoms with Crippen molar-refractivity contribution in [2.75, 3.05) is 0 Å². The molecule has 4 heterocycles. The first-order valence-electron chi connectivity index (χ1n) is 22.8. The molecule has 4 aromatic heterocycles. The summed E-state index contributed by atoms with van der Waals surface area (Å²) >= 11 is 0. The van der Waals surface area contributed by atoms with Crippen LogP contribution in [0.5, 0.6) is 0 Å². The molecule has 0 saturated carbocycles. The van der Waals surface area contributed by atoms with Crippen molar-refractivity contribution < 1.29 is 8.83 Å². The van der Waals surface area contributed by atoms with E-state index in [4.69, 9.17) is 8.83 Å². The van der Waals surface area contributed by atoms with Crippen molar-refractivity contribution in [1.29, 1.82) is 0 Å². The molecule has 0 saturated heterocycles. The minimum atomic E-state index is 0.354. The Balaban J connectivity index is 0.938. The Labute approximate surface area is 380 Å². The molecule has 4 nitrogen and oxygen atoms in total. The summed E-state index contributed by atoms with van der Waals surface area (Å²) in [4.78, 5) is 4.66. The van der Waals surface area contributed by atoms with Gasteiger partial charge in [-0.1, -0.05) is 121 Å². The quantitative estimate of drug-likeness (QED) is 0.173. The lowest BCUT2D eigenvalue weighted by Gasteiger charge is -2.18. The summed E-state index contributed by atoms with van der Waals surface area (Å²) in [6.45, 7) is 0. The smallest absolute Gasteiger partial charge is 0.153 e. The molecule has 0 spiro atoms. The Morgan fingerprint density at radius 1 is 0.409 bits per heavy atom. The van der Waals surface area contributed by atoms with Crippen LogP contribution in [0.15, 0.2) is 221 Å². The van der Waals surface area contributed by atoms with Gasteiger partial charge in [-0.15, -0.1) is 0 Å². The number of rotatable bonds is 5. The van der Waals surface area contributed by atoms with E-state index >= 15 is 0 Å². The number of para-hydroxylation sites is 1. The van der Waals surface area contributed by atoms with Crippen molar-refractivity contribution in [3.05, 3.63) is 229 Å². The summed E-state index contributed by atoms with van der Waals surface area (Å²) in [7, 11) is 0. The van der Waals surface area contributed by atoms with Crippen LogP contribution in [-0.2, 0) is 6.42 Å². The second kappa shape index (κ2) is 14.5. The van der Waals surface area contributed by atoms with Gasteiger partial charge in [-0.2, -0.15) is 0 Å². The maximum Gasteiger partial charge on any atom is 0.153 e. The summed E-state index contributed by atoms with van der Waals surface area (Å²) in [6, 6.07) is 75.3. The molecule has 66 heavy (non-hydrogen) atoms. The molecule has 0 radical (unpaired) electrons. The Kier molecular flexibility index (Phi) is 8.14.